The monoisotopic (exact) mass is 186 g/mol. The molecule has 2 rings (SSSR count). The summed E-state index contributed by atoms with van der Waals surface area (Å²) < 4.78 is 0. The Morgan fingerprint density at radius 2 is 1.86 bits per heavy atom. The molecule has 0 aliphatic heterocycles. The zero-order valence-corrected chi connectivity index (χ0v) is 7.59. The summed E-state index contributed by atoms with van der Waals surface area (Å²) in [6.07, 6.45) is 6.87. The summed E-state index contributed by atoms with van der Waals surface area (Å²) in [7, 11) is 0. The van der Waals surface area contributed by atoms with Crippen LogP contribution in [0.25, 0.3) is 11.3 Å². The van der Waals surface area contributed by atoms with Crippen LogP contribution in [-0.4, -0.2) is 15.0 Å². The van der Waals surface area contributed by atoms with Crippen LogP contribution in [0.4, 0.5) is 0 Å². The van der Waals surface area contributed by atoms with Gasteiger partial charge in [0.15, 0.2) is 0 Å². The summed E-state index contributed by atoms with van der Waals surface area (Å²) in [5.74, 6) is 0. The van der Waals surface area contributed by atoms with Crippen molar-refractivity contribution < 1.29 is 0 Å². The Morgan fingerprint density at radius 3 is 2.43 bits per heavy atom. The first-order valence-corrected chi connectivity index (χ1v) is 4.31. The third kappa shape index (κ3) is 1.75. The molecule has 4 nitrogen and oxygen atoms in total. The first-order valence-electron chi connectivity index (χ1n) is 4.31. The molecule has 0 aliphatic carbocycles. The van der Waals surface area contributed by atoms with Crippen LogP contribution in [0.1, 0.15) is 5.69 Å². The lowest BCUT2D eigenvalue weighted by Gasteiger charge is -2.00. The Kier molecular flexibility index (Phi) is 2.46. The SMILES string of the molecule is NCc1cnc(-c2ccncc2)cn1. The second-order valence-corrected chi connectivity index (χ2v) is 2.83. The fourth-order valence-corrected chi connectivity index (χ4v) is 1.13. The van der Waals surface area contributed by atoms with E-state index in [1.165, 1.54) is 0 Å². The van der Waals surface area contributed by atoms with E-state index in [-0.39, 0.29) is 0 Å². The zero-order chi connectivity index (χ0) is 9.80. The highest BCUT2D eigenvalue weighted by molar-refractivity contribution is 5.56. The average molecular weight is 186 g/mol. The number of nitrogens with zero attached hydrogens (tertiary/aromatic N) is 3. The molecule has 70 valence electrons. The van der Waals surface area contributed by atoms with Gasteiger partial charge in [-0.1, -0.05) is 0 Å². The first kappa shape index (κ1) is 8.77. The Bertz CT molecular complexity index is 396. The van der Waals surface area contributed by atoms with Gasteiger partial charge in [-0.15, -0.1) is 0 Å². The normalized spacial score (nSPS) is 10.1. The Labute approximate surface area is 81.9 Å². The molecule has 0 aliphatic rings. The molecule has 0 bridgehead atoms. The van der Waals surface area contributed by atoms with E-state index in [1.54, 1.807) is 24.8 Å². The molecule has 0 aromatic carbocycles. The predicted octanol–water partition coefficient (Wildman–Crippen LogP) is 0.997. The molecule has 2 aromatic rings. The van der Waals surface area contributed by atoms with Crippen LogP contribution in [0.15, 0.2) is 36.9 Å². The van der Waals surface area contributed by atoms with E-state index >= 15 is 0 Å². The molecule has 0 fully saturated rings. The summed E-state index contributed by atoms with van der Waals surface area (Å²) in [5.41, 5.74) is 8.07. The zero-order valence-electron chi connectivity index (χ0n) is 7.59. The van der Waals surface area contributed by atoms with Gasteiger partial charge < -0.3 is 5.73 Å². The number of nitrogens with two attached hydrogens (primary N) is 1. The fourth-order valence-electron chi connectivity index (χ4n) is 1.13. The smallest absolute Gasteiger partial charge is 0.0886 e. The summed E-state index contributed by atoms with van der Waals surface area (Å²) in [6, 6.07) is 3.79. The molecule has 0 radical (unpaired) electrons. The van der Waals surface area contributed by atoms with Crippen molar-refractivity contribution in [3.8, 4) is 11.3 Å². The maximum Gasteiger partial charge on any atom is 0.0886 e. The van der Waals surface area contributed by atoms with Gasteiger partial charge in [-0.3, -0.25) is 15.0 Å². The van der Waals surface area contributed by atoms with Gasteiger partial charge in [-0.2, -0.15) is 0 Å². The van der Waals surface area contributed by atoms with Gasteiger partial charge in [0.05, 0.1) is 23.8 Å². The maximum atomic E-state index is 5.43. The van der Waals surface area contributed by atoms with Crippen molar-refractivity contribution in [1.29, 1.82) is 0 Å². The van der Waals surface area contributed by atoms with Gasteiger partial charge in [-0.05, 0) is 12.1 Å². The summed E-state index contributed by atoms with van der Waals surface area (Å²) in [4.78, 5) is 12.4. The van der Waals surface area contributed by atoms with E-state index in [0.717, 1.165) is 17.0 Å². The quantitative estimate of drug-likeness (QED) is 0.759. The topological polar surface area (TPSA) is 64.7 Å². The lowest BCUT2D eigenvalue weighted by Crippen LogP contribution is -2.00. The Hall–Kier alpha value is -1.81. The van der Waals surface area contributed by atoms with Crippen molar-refractivity contribution in [2.24, 2.45) is 5.73 Å². The standard InChI is InChI=1S/C10H10N4/c11-5-9-6-14-10(7-13-9)8-1-3-12-4-2-8/h1-4,6-7H,5,11H2. The van der Waals surface area contributed by atoms with Crippen molar-refractivity contribution in [1.82, 2.24) is 15.0 Å². The van der Waals surface area contributed by atoms with Crippen LogP contribution in [0, 0.1) is 0 Å². The van der Waals surface area contributed by atoms with Gasteiger partial charge in [0, 0.05) is 24.5 Å². The minimum Gasteiger partial charge on any atom is -0.325 e. The van der Waals surface area contributed by atoms with Crippen LogP contribution in [0.3, 0.4) is 0 Å². The van der Waals surface area contributed by atoms with Gasteiger partial charge in [0.2, 0.25) is 0 Å². The number of hydrogen-bond acceptors (Lipinski definition) is 4. The van der Waals surface area contributed by atoms with Gasteiger partial charge in [-0.25, -0.2) is 0 Å². The number of rotatable bonds is 2. The van der Waals surface area contributed by atoms with E-state index in [0.29, 0.717) is 6.54 Å². The molecule has 2 N–H and O–H groups in total. The van der Waals surface area contributed by atoms with Crippen molar-refractivity contribution in [3.63, 3.8) is 0 Å². The number of pyridine rings is 1. The lowest BCUT2D eigenvalue weighted by atomic mass is 10.2. The first-order chi connectivity index (χ1) is 6.90. The molecule has 2 aromatic heterocycles. The molecule has 0 atom stereocenters. The van der Waals surface area contributed by atoms with Gasteiger partial charge in [0.25, 0.3) is 0 Å². The molecular weight excluding hydrogens is 176 g/mol. The maximum absolute atomic E-state index is 5.43. The summed E-state index contributed by atoms with van der Waals surface area (Å²) in [5, 5.41) is 0. The molecule has 2 heterocycles. The van der Waals surface area contributed by atoms with E-state index in [9.17, 15) is 0 Å². The van der Waals surface area contributed by atoms with Crippen LogP contribution < -0.4 is 5.73 Å². The highest BCUT2D eigenvalue weighted by Crippen LogP contribution is 2.13. The number of aromatic nitrogens is 3. The molecule has 14 heavy (non-hydrogen) atoms. The Balaban J connectivity index is 2.34. The molecule has 4 heteroatoms. The lowest BCUT2D eigenvalue weighted by molar-refractivity contribution is 0.966. The Morgan fingerprint density at radius 1 is 1.07 bits per heavy atom. The molecule has 0 amide bonds. The molecule has 0 saturated carbocycles. The van der Waals surface area contributed by atoms with Gasteiger partial charge >= 0.3 is 0 Å². The second kappa shape index (κ2) is 3.93. The minimum absolute atomic E-state index is 0.420. The van der Waals surface area contributed by atoms with Gasteiger partial charge in [0.1, 0.15) is 0 Å². The molecule has 0 unspecified atom stereocenters. The third-order valence-electron chi connectivity index (χ3n) is 1.89. The van der Waals surface area contributed by atoms with Crippen LogP contribution in [-0.2, 0) is 6.54 Å². The predicted molar refractivity (Wildman–Crippen MR) is 53.2 cm³/mol. The molecule has 0 saturated heterocycles. The van der Waals surface area contributed by atoms with Crippen molar-refractivity contribution in [2.45, 2.75) is 6.54 Å². The van der Waals surface area contributed by atoms with Crippen molar-refractivity contribution in [3.05, 3.63) is 42.6 Å². The molecule has 0 spiro atoms. The summed E-state index contributed by atoms with van der Waals surface area (Å²) >= 11 is 0. The minimum atomic E-state index is 0.420. The second-order valence-electron chi connectivity index (χ2n) is 2.83. The van der Waals surface area contributed by atoms with Crippen LogP contribution in [0.2, 0.25) is 0 Å². The van der Waals surface area contributed by atoms with E-state index in [2.05, 4.69) is 15.0 Å². The van der Waals surface area contributed by atoms with E-state index in [1.807, 2.05) is 12.1 Å². The van der Waals surface area contributed by atoms with Crippen LogP contribution in [0.5, 0.6) is 0 Å². The third-order valence-corrected chi connectivity index (χ3v) is 1.89. The highest BCUT2D eigenvalue weighted by Gasteiger charge is 1.98. The van der Waals surface area contributed by atoms with Crippen molar-refractivity contribution in [2.75, 3.05) is 0 Å². The van der Waals surface area contributed by atoms with E-state index in [4.69, 9.17) is 5.73 Å². The average Bonchev–Trinajstić information content (AvgIpc) is 2.30. The largest absolute Gasteiger partial charge is 0.325 e. The van der Waals surface area contributed by atoms with Crippen LogP contribution >= 0.6 is 0 Å². The van der Waals surface area contributed by atoms with E-state index < -0.39 is 0 Å². The highest BCUT2D eigenvalue weighted by atomic mass is 14.8. The summed E-state index contributed by atoms with van der Waals surface area (Å²) in [6.45, 7) is 0.420. The number of hydrogen-bond donors (Lipinski definition) is 1. The fraction of sp³-hybridized carbons (Fsp3) is 0.100. The van der Waals surface area contributed by atoms with Crippen molar-refractivity contribution >= 4 is 0 Å². The molecular formula is C10H10N4.